The van der Waals surface area contributed by atoms with Crippen LogP contribution in [0.4, 0.5) is 10.2 Å². The van der Waals surface area contributed by atoms with Crippen LogP contribution in [0, 0.1) is 5.82 Å². The largest absolute Gasteiger partial charge is 0.405 e. The molecule has 2 aromatic rings. The lowest BCUT2D eigenvalue weighted by atomic mass is 9.98. The van der Waals surface area contributed by atoms with E-state index in [4.69, 9.17) is 5.73 Å². The Morgan fingerprint density at radius 2 is 2.00 bits per heavy atom. The van der Waals surface area contributed by atoms with E-state index in [2.05, 4.69) is 21.7 Å². The lowest BCUT2D eigenvalue weighted by Gasteiger charge is -2.31. The molecule has 26 heavy (non-hydrogen) atoms. The number of anilines is 1. The standard InChI is InChI=1S/C20H23FN4O/c1-2-3-14(8-11-22)18-19(15-4-6-16(21)7-5-15)23-24-20(18)25-12-9-17(26)10-13-25/h2-8,11,17,26H,1,9-10,12-13,22H2,(H,23,24)/b11-8-,14-3+. The van der Waals surface area contributed by atoms with Crippen LogP contribution in [-0.4, -0.2) is 34.5 Å². The van der Waals surface area contributed by atoms with Crippen LogP contribution in [0.3, 0.4) is 0 Å². The van der Waals surface area contributed by atoms with Crippen molar-refractivity contribution in [2.75, 3.05) is 18.0 Å². The molecule has 2 heterocycles. The van der Waals surface area contributed by atoms with E-state index in [1.54, 1.807) is 24.3 Å². The first-order valence-electron chi connectivity index (χ1n) is 8.62. The summed E-state index contributed by atoms with van der Waals surface area (Å²) in [5, 5.41) is 17.4. The maximum atomic E-state index is 13.3. The van der Waals surface area contributed by atoms with Gasteiger partial charge in [0, 0.05) is 18.7 Å². The number of aliphatic hydroxyl groups is 1. The van der Waals surface area contributed by atoms with Crippen LogP contribution in [0.15, 0.2) is 55.3 Å². The first kappa shape index (κ1) is 17.9. The molecule has 0 spiro atoms. The molecule has 0 amide bonds. The molecule has 4 N–H and O–H groups in total. The highest BCUT2D eigenvalue weighted by atomic mass is 19.1. The summed E-state index contributed by atoms with van der Waals surface area (Å²) in [6.45, 7) is 5.24. The van der Waals surface area contributed by atoms with E-state index in [1.165, 1.54) is 18.3 Å². The number of benzene rings is 1. The number of allylic oxidation sites excluding steroid dienone is 4. The van der Waals surface area contributed by atoms with Crippen molar-refractivity contribution in [3.05, 3.63) is 66.7 Å². The summed E-state index contributed by atoms with van der Waals surface area (Å²) < 4.78 is 13.3. The molecule has 0 aliphatic carbocycles. The number of aromatic amines is 1. The van der Waals surface area contributed by atoms with Crippen molar-refractivity contribution in [2.45, 2.75) is 18.9 Å². The van der Waals surface area contributed by atoms with Crippen molar-refractivity contribution in [3.63, 3.8) is 0 Å². The Morgan fingerprint density at radius 3 is 2.62 bits per heavy atom. The van der Waals surface area contributed by atoms with Gasteiger partial charge in [-0.2, -0.15) is 5.10 Å². The summed E-state index contributed by atoms with van der Waals surface area (Å²) in [5.74, 6) is 0.571. The molecular formula is C20H23FN4O. The molecule has 1 aliphatic rings. The number of nitrogens with two attached hydrogens (primary N) is 1. The molecule has 0 radical (unpaired) electrons. The highest BCUT2D eigenvalue weighted by Gasteiger charge is 2.25. The summed E-state index contributed by atoms with van der Waals surface area (Å²) in [4.78, 5) is 2.17. The van der Waals surface area contributed by atoms with E-state index in [9.17, 15) is 9.50 Å². The lowest BCUT2D eigenvalue weighted by molar-refractivity contribution is 0.145. The van der Waals surface area contributed by atoms with Gasteiger partial charge < -0.3 is 15.7 Å². The maximum absolute atomic E-state index is 13.3. The second kappa shape index (κ2) is 8.01. The van der Waals surface area contributed by atoms with Gasteiger partial charge in [-0.15, -0.1) is 0 Å². The Labute approximate surface area is 152 Å². The third-order valence-corrected chi connectivity index (χ3v) is 4.51. The van der Waals surface area contributed by atoms with Crippen LogP contribution >= 0.6 is 0 Å². The molecule has 0 saturated carbocycles. The molecule has 0 atom stereocenters. The SMILES string of the molecule is C=C/C=C(\C=C/N)c1c(-c2ccc(F)cc2)n[nH]c1N1CCC(O)CC1. The minimum absolute atomic E-state index is 0.263. The fourth-order valence-corrected chi connectivity index (χ4v) is 3.19. The molecule has 1 aliphatic heterocycles. The van der Waals surface area contributed by atoms with Crippen LogP contribution in [0.25, 0.3) is 16.8 Å². The number of hydrogen-bond donors (Lipinski definition) is 3. The van der Waals surface area contributed by atoms with Gasteiger partial charge in [-0.05, 0) is 55.0 Å². The Bertz CT molecular complexity index is 815. The number of rotatable bonds is 5. The quantitative estimate of drug-likeness (QED) is 0.721. The fraction of sp³-hybridized carbons (Fsp3) is 0.250. The normalized spacial score (nSPS) is 16.4. The van der Waals surface area contributed by atoms with Gasteiger partial charge >= 0.3 is 0 Å². The summed E-state index contributed by atoms with van der Waals surface area (Å²) in [6.07, 6.45) is 7.97. The van der Waals surface area contributed by atoms with Crippen molar-refractivity contribution in [1.82, 2.24) is 10.2 Å². The molecule has 0 unspecified atom stereocenters. The highest BCUT2D eigenvalue weighted by Crippen LogP contribution is 2.36. The Balaban J connectivity index is 2.11. The monoisotopic (exact) mass is 354 g/mol. The second-order valence-electron chi connectivity index (χ2n) is 6.24. The van der Waals surface area contributed by atoms with Crippen LogP contribution in [-0.2, 0) is 0 Å². The minimum Gasteiger partial charge on any atom is -0.405 e. The van der Waals surface area contributed by atoms with Gasteiger partial charge in [0.15, 0.2) is 0 Å². The van der Waals surface area contributed by atoms with Gasteiger partial charge in [0.05, 0.1) is 11.7 Å². The number of aliphatic hydroxyl groups excluding tert-OH is 1. The highest BCUT2D eigenvalue weighted by molar-refractivity contribution is 5.90. The van der Waals surface area contributed by atoms with E-state index < -0.39 is 0 Å². The van der Waals surface area contributed by atoms with Gasteiger partial charge in [-0.1, -0.05) is 18.7 Å². The van der Waals surface area contributed by atoms with Crippen molar-refractivity contribution in [1.29, 1.82) is 0 Å². The zero-order chi connectivity index (χ0) is 18.5. The number of halogens is 1. The molecule has 0 bridgehead atoms. The van der Waals surface area contributed by atoms with E-state index in [1.807, 2.05) is 6.08 Å². The number of piperidine rings is 1. The number of aromatic nitrogens is 2. The third-order valence-electron chi connectivity index (χ3n) is 4.51. The maximum Gasteiger partial charge on any atom is 0.132 e. The smallest absolute Gasteiger partial charge is 0.132 e. The topological polar surface area (TPSA) is 78.2 Å². The second-order valence-corrected chi connectivity index (χ2v) is 6.24. The van der Waals surface area contributed by atoms with Gasteiger partial charge in [-0.25, -0.2) is 4.39 Å². The predicted octanol–water partition coefficient (Wildman–Crippen LogP) is 3.22. The van der Waals surface area contributed by atoms with Crippen molar-refractivity contribution in [3.8, 4) is 11.3 Å². The third kappa shape index (κ3) is 3.70. The van der Waals surface area contributed by atoms with Crippen LogP contribution in [0.2, 0.25) is 0 Å². The zero-order valence-electron chi connectivity index (χ0n) is 14.5. The molecule has 136 valence electrons. The summed E-state index contributed by atoms with van der Waals surface area (Å²) in [7, 11) is 0. The predicted molar refractivity (Wildman–Crippen MR) is 103 cm³/mol. The number of nitrogens with one attached hydrogen (secondary N) is 1. The van der Waals surface area contributed by atoms with Crippen LogP contribution in [0.1, 0.15) is 18.4 Å². The molecular weight excluding hydrogens is 331 g/mol. The van der Waals surface area contributed by atoms with E-state index >= 15 is 0 Å². The average molecular weight is 354 g/mol. The molecule has 1 saturated heterocycles. The zero-order valence-corrected chi connectivity index (χ0v) is 14.5. The van der Waals surface area contributed by atoms with Gasteiger partial charge in [0.2, 0.25) is 0 Å². The lowest BCUT2D eigenvalue weighted by Crippen LogP contribution is -2.36. The van der Waals surface area contributed by atoms with E-state index in [-0.39, 0.29) is 11.9 Å². The first-order chi connectivity index (χ1) is 12.6. The summed E-state index contributed by atoms with van der Waals surface area (Å²) in [5.41, 5.74) is 8.91. The van der Waals surface area contributed by atoms with Crippen molar-refractivity contribution >= 4 is 11.4 Å². The van der Waals surface area contributed by atoms with Crippen molar-refractivity contribution < 1.29 is 9.50 Å². The number of hydrogen-bond acceptors (Lipinski definition) is 4. The first-order valence-corrected chi connectivity index (χ1v) is 8.62. The fourth-order valence-electron chi connectivity index (χ4n) is 3.19. The van der Waals surface area contributed by atoms with E-state index in [0.717, 1.165) is 41.3 Å². The van der Waals surface area contributed by atoms with Crippen LogP contribution in [0.5, 0.6) is 0 Å². The molecule has 3 rings (SSSR count). The van der Waals surface area contributed by atoms with Gasteiger partial charge in [-0.3, -0.25) is 5.10 Å². The Kier molecular flexibility index (Phi) is 5.53. The summed E-state index contributed by atoms with van der Waals surface area (Å²) in [6, 6.07) is 6.24. The molecule has 1 aromatic carbocycles. The Morgan fingerprint density at radius 1 is 1.31 bits per heavy atom. The number of nitrogens with zero attached hydrogens (tertiary/aromatic N) is 2. The molecule has 1 aromatic heterocycles. The molecule has 5 nitrogen and oxygen atoms in total. The van der Waals surface area contributed by atoms with Gasteiger partial charge in [0.1, 0.15) is 17.3 Å². The van der Waals surface area contributed by atoms with Crippen LogP contribution < -0.4 is 10.6 Å². The van der Waals surface area contributed by atoms with Gasteiger partial charge in [0.25, 0.3) is 0 Å². The average Bonchev–Trinajstić information content (AvgIpc) is 3.07. The molecule has 6 heteroatoms. The van der Waals surface area contributed by atoms with E-state index in [0.29, 0.717) is 12.8 Å². The molecule has 1 fully saturated rings. The van der Waals surface area contributed by atoms with Crippen molar-refractivity contribution in [2.24, 2.45) is 5.73 Å². The Hall–Kier alpha value is -2.86. The number of H-pyrrole nitrogens is 1. The summed E-state index contributed by atoms with van der Waals surface area (Å²) >= 11 is 0. The minimum atomic E-state index is -0.292.